The van der Waals surface area contributed by atoms with E-state index in [0.29, 0.717) is 11.1 Å². The van der Waals surface area contributed by atoms with Gasteiger partial charge in [-0.15, -0.1) is 0 Å². The number of benzene rings is 2. The minimum atomic E-state index is 0.373. The predicted molar refractivity (Wildman–Crippen MR) is 98.7 cm³/mol. The number of aliphatic imine (C=N–C) groups is 1. The number of hydrazine groups is 1. The Morgan fingerprint density at radius 3 is 2.78 bits per heavy atom. The third-order valence-electron chi connectivity index (χ3n) is 3.21. The van der Waals surface area contributed by atoms with Crippen LogP contribution in [0.5, 0.6) is 0 Å². The standard InChI is InChI=1S/C16H16N6S/c1-11-6-2-3-7-12(11)21-16(23)17-10-18-22-15-19-13-8-4-5-9-14(13)20-15/h2-10H,1H3,(H2,19,20,22)(H2,17,18,21,23). The Bertz CT molecular complexity index is 821. The fraction of sp³-hybridized carbons (Fsp3) is 0.0625. The molecule has 6 nitrogen and oxygen atoms in total. The summed E-state index contributed by atoms with van der Waals surface area (Å²) in [7, 11) is 0. The molecule has 1 heterocycles. The molecule has 0 aliphatic rings. The lowest BCUT2D eigenvalue weighted by molar-refractivity contribution is 1.09. The van der Waals surface area contributed by atoms with Crippen LogP contribution in [0.2, 0.25) is 0 Å². The number of imidazole rings is 1. The highest BCUT2D eigenvalue weighted by Crippen LogP contribution is 2.13. The largest absolute Gasteiger partial charge is 0.331 e. The fourth-order valence-electron chi connectivity index (χ4n) is 2.06. The van der Waals surface area contributed by atoms with E-state index in [0.717, 1.165) is 22.3 Å². The molecular weight excluding hydrogens is 308 g/mol. The first-order valence-electron chi connectivity index (χ1n) is 7.08. The average molecular weight is 324 g/mol. The second-order valence-corrected chi connectivity index (χ2v) is 5.26. The van der Waals surface area contributed by atoms with Gasteiger partial charge < -0.3 is 10.3 Å². The van der Waals surface area contributed by atoms with Crippen LogP contribution < -0.4 is 16.2 Å². The summed E-state index contributed by atoms with van der Waals surface area (Å²) in [4.78, 5) is 11.6. The Morgan fingerprint density at radius 2 is 1.96 bits per heavy atom. The van der Waals surface area contributed by atoms with E-state index in [4.69, 9.17) is 12.2 Å². The van der Waals surface area contributed by atoms with Crippen molar-refractivity contribution in [1.29, 1.82) is 0 Å². The van der Waals surface area contributed by atoms with Crippen LogP contribution in [-0.2, 0) is 0 Å². The Kier molecular flexibility index (Phi) is 4.49. The van der Waals surface area contributed by atoms with E-state index in [-0.39, 0.29) is 0 Å². The zero-order valence-corrected chi connectivity index (χ0v) is 13.3. The van der Waals surface area contributed by atoms with Gasteiger partial charge in [-0.05, 0) is 42.9 Å². The van der Waals surface area contributed by atoms with Crippen molar-refractivity contribution >= 4 is 46.3 Å². The molecule has 0 fully saturated rings. The normalized spacial score (nSPS) is 10.8. The van der Waals surface area contributed by atoms with Crippen molar-refractivity contribution in [3.8, 4) is 0 Å². The molecule has 0 saturated heterocycles. The molecule has 1 aromatic heterocycles. The molecule has 0 atom stereocenters. The maximum Gasteiger partial charge on any atom is 0.220 e. The van der Waals surface area contributed by atoms with E-state index >= 15 is 0 Å². The monoisotopic (exact) mass is 324 g/mol. The molecule has 0 saturated carbocycles. The number of H-pyrrole nitrogens is 1. The molecule has 0 amide bonds. The first-order valence-corrected chi connectivity index (χ1v) is 7.48. The van der Waals surface area contributed by atoms with Gasteiger partial charge in [-0.3, -0.25) is 10.9 Å². The van der Waals surface area contributed by atoms with Crippen molar-refractivity contribution in [2.75, 3.05) is 10.7 Å². The van der Waals surface area contributed by atoms with Crippen LogP contribution in [0.1, 0.15) is 5.56 Å². The number of aromatic amines is 1. The van der Waals surface area contributed by atoms with Crippen molar-refractivity contribution in [2.45, 2.75) is 6.92 Å². The minimum Gasteiger partial charge on any atom is -0.331 e. The van der Waals surface area contributed by atoms with Gasteiger partial charge in [0.2, 0.25) is 5.95 Å². The highest BCUT2D eigenvalue weighted by Gasteiger charge is 2.00. The van der Waals surface area contributed by atoms with Gasteiger partial charge >= 0.3 is 0 Å². The summed E-state index contributed by atoms with van der Waals surface area (Å²) in [5.41, 5.74) is 9.65. The first-order chi connectivity index (χ1) is 11.2. The van der Waals surface area contributed by atoms with Gasteiger partial charge in [-0.25, -0.2) is 9.98 Å². The molecule has 4 N–H and O–H groups in total. The molecule has 3 aromatic rings. The molecule has 0 unspecified atom stereocenters. The first kappa shape index (κ1) is 15.0. The molecule has 7 heteroatoms. The highest BCUT2D eigenvalue weighted by molar-refractivity contribution is 7.80. The molecular formula is C16H16N6S. The summed E-state index contributed by atoms with van der Waals surface area (Å²) in [6.45, 7) is 2.01. The van der Waals surface area contributed by atoms with Gasteiger partial charge in [-0.2, -0.15) is 0 Å². The van der Waals surface area contributed by atoms with Crippen molar-refractivity contribution in [1.82, 2.24) is 15.4 Å². The van der Waals surface area contributed by atoms with Crippen LogP contribution in [0.4, 0.5) is 11.6 Å². The van der Waals surface area contributed by atoms with E-state index in [1.54, 1.807) is 0 Å². The number of nitrogens with one attached hydrogen (secondary N) is 4. The number of rotatable bonds is 4. The molecule has 0 radical (unpaired) electrons. The zero-order valence-electron chi connectivity index (χ0n) is 12.5. The Morgan fingerprint density at radius 1 is 1.17 bits per heavy atom. The van der Waals surface area contributed by atoms with Crippen molar-refractivity contribution in [3.05, 3.63) is 54.1 Å². The van der Waals surface area contributed by atoms with Gasteiger partial charge in [0.05, 0.1) is 11.0 Å². The molecule has 0 spiro atoms. The Balaban J connectivity index is 1.52. The number of thiocarbonyl (C=S) groups is 1. The molecule has 0 bridgehead atoms. The summed E-state index contributed by atoms with van der Waals surface area (Å²) < 4.78 is 0. The SMILES string of the molecule is Cc1ccccc1NC(=S)/N=C/NNc1nc2ccccc2[nH]1. The molecule has 2 aromatic carbocycles. The van der Waals surface area contributed by atoms with E-state index in [2.05, 4.69) is 31.1 Å². The topological polar surface area (TPSA) is 77.1 Å². The number of para-hydroxylation sites is 3. The number of aromatic nitrogens is 2. The van der Waals surface area contributed by atoms with E-state index in [1.807, 2.05) is 55.5 Å². The summed E-state index contributed by atoms with van der Waals surface area (Å²) in [6, 6.07) is 15.7. The van der Waals surface area contributed by atoms with Gasteiger partial charge in [0.1, 0.15) is 6.34 Å². The molecule has 116 valence electrons. The van der Waals surface area contributed by atoms with Gasteiger partial charge in [0.15, 0.2) is 5.11 Å². The van der Waals surface area contributed by atoms with E-state index in [1.165, 1.54) is 6.34 Å². The van der Waals surface area contributed by atoms with E-state index < -0.39 is 0 Å². The second kappa shape index (κ2) is 6.89. The van der Waals surface area contributed by atoms with Crippen LogP contribution in [-0.4, -0.2) is 21.4 Å². The van der Waals surface area contributed by atoms with Gasteiger partial charge in [-0.1, -0.05) is 30.3 Å². The Hall–Kier alpha value is -2.93. The van der Waals surface area contributed by atoms with Crippen LogP contribution in [0.25, 0.3) is 11.0 Å². The predicted octanol–water partition coefficient (Wildman–Crippen LogP) is 3.21. The van der Waals surface area contributed by atoms with Crippen molar-refractivity contribution in [2.24, 2.45) is 4.99 Å². The maximum atomic E-state index is 5.18. The molecule has 3 rings (SSSR count). The van der Waals surface area contributed by atoms with Gasteiger partial charge in [0.25, 0.3) is 0 Å². The zero-order chi connectivity index (χ0) is 16.1. The number of anilines is 2. The lowest BCUT2D eigenvalue weighted by Gasteiger charge is -2.07. The van der Waals surface area contributed by atoms with Crippen molar-refractivity contribution in [3.63, 3.8) is 0 Å². The smallest absolute Gasteiger partial charge is 0.220 e. The number of aryl methyl sites for hydroxylation is 1. The number of hydrogen-bond acceptors (Lipinski definition) is 3. The highest BCUT2D eigenvalue weighted by atomic mass is 32.1. The maximum absolute atomic E-state index is 5.18. The second-order valence-electron chi connectivity index (χ2n) is 4.88. The minimum absolute atomic E-state index is 0.373. The summed E-state index contributed by atoms with van der Waals surface area (Å²) in [6.07, 6.45) is 1.47. The van der Waals surface area contributed by atoms with Crippen LogP contribution >= 0.6 is 12.2 Å². The number of nitrogens with zero attached hydrogens (tertiary/aromatic N) is 2. The molecule has 23 heavy (non-hydrogen) atoms. The van der Waals surface area contributed by atoms with Crippen LogP contribution in [0.15, 0.2) is 53.5 Å². The quantitative estimate of drug-likeness (QED) is 0.257. The lowest BCUT2D eigenvalue weighted by Crippen LogP contribution is -2.21. The van der Waals surface area contributed by atoms with Crippen molar-refractivity contribution < 1.29 is 0 Å². The van der Waals surface area contributed by atoms with Gasteiger partial charge in [0, 0.05) is 5.69 Å². The molecule has 0 aliphatic carbocycles. The summed E-state index contributed by atoms with van der Waals surface area (Å²) >= 11 is 5.18. The van der Waals surface area contributed by atoms with Crippen LogP contribution in [0.3, 0.4) is 0 Å². The summed E-state index contributed by atoms with van der Waals surface area (Å²) in [5.74, 6) is 0.607. The Labute approximate surface area is 139 Å². The van der Waals surface area contributed by atoms with E-state index in [9.17, 15) is 0 Å². The average Bonchev–Trinajstić information content (AvgIpc) is 2.96. The third kappa shape index (κ3) is 3.83. The third-order valence-corrected chi connectivity index (χ3v) is 3.42. The fourth-order valence-corrected chi connectivity index (χ4v) is 2.23. The van der Waals surface area contributed by atoms with Crippen LogP contribution in [0, 0.1) is 6.92 Å². The number of fused-ring (bicyclic) bond motifs is 1. The number of hydrogen-bond donors (Lipinski definition) is 4. The summed E-state index contributed by atoms with van der Waals surface area (Å²) in [5, 5.41) is 3.45. The molecule has 0 aliphatic heterocycles. The lowest BCUT2D eigenvalue weighted by atomic mass is 10.2.